The molecule has 0 saturated heterocycles. The molecule has 0 heterocycles. The molecule has 0 spiro atoms. The highest BCUT2D eigenvalue weighted by Crippen LogP contribution is 2.35. The summed E-state index contributed by atoms with van der Waals surface area (Å²) < 4.78 is 5.33. The zero-order chi connectivity index (χ0) is 16.1. The summed E-state index contributed by atoms with van der Waals surface area (Å²) >= 11 is 5.91. The smallest absolute Gasteiger partial charge is 0.292 e. The molecule has 0 unspecified atom stereocenters. The van der Waals surface area contributed by atoms with Crippen LogP contribution in [0, 0.1) is 27.9 Å². The van der Waals surface area contributed by atoms with E-state index in [0.29, 0.717) is 5.92 Å². The van der Waals surface area contributed by atoms with E-state index >= 15 is 0 Å². The molecule has 0 atom stereocenters. The van der Waals surface area contributed by atoms with Gasteiger partial charge in [0.25, 0.3) is 5.69 Å². The molecular formula is C15H15ClN2O4. The monoisotopic (exact) mass is 322 g/mol. The minimum Gasteiger partial charge on any atom is -0.479 e. The Kier molecular flexibility index (Phi) is 5.23. The minimum atomic E-state index is -0.791. The number of rotatable bonds is 5. The lowest BCUT2D eigenvalue weighted by molar-refractivity contribution is -0.384. The van der Waals surface area contributed by atoms with Crippen LogP contribution in [0.4, 0.5) is 5.69 Å². The van der Waals surface area contributed by atoms with Gasteiger partial charge in [-0.3, -0.25) is 14.9 Å². The molecule has 1 aliphatic carbocycles. The molecule has 2 N–H and O–H groups in total. The maximum absolute atomic E-state index is 11.2. The number of primary amides is 1. The molecule has 1 aromatic rings. The zero-order valence-corrected chi connectivity index (χ0v) is 12.6. The first-order valence-corrected chi connectivity index (χ1v) is 7.23. The number of hydrogen-bond acceptors (Lipinski definition) is 4. The van der Waals surface area contributed by atoms with Crippen molar-refractivity contribution < 1.29 is 14.5 Å². The Hall–Kier alpha value is -2.26. The van der Waals surface area contributed by atoms with Crippen molar-refractivity contribution in [3.05, 3.63) is 32.8 Å². The summed E-state index contributed by atoms with van der Waals surface area (Å²) in [5.74, 6) is 5.76. The average molecular weight is 323 g/mol. The Morgan fingerprint density at radius 3 is 2.73 bits per heavy atom. The topological polar surface area (TPSA) is 95.5 Å². The van der Waals surface area contributed by atoms with Crippen molar-refractivity contribution >= 4 is 23.2 Å². The van der Waals surface area contributed by atoms with Gasteiger partial charge in [0.2, 0.25) is 5.91 Å². The largest absolute Gasteiger partial charge is 0.479 e. The highest BCUT2D eigenvalue weighted by Gasteiger charge is 2.21. The molecule has 6 nitrogen and oxygen atoms in total. The van der Waals surface area contributed by atoms with E-state index < -0.39 is 16.5 Å². The minimum absolute atomic E-state index is 0.0302. The molecule has 0 aliphatic heterocycles. The molecule has 1 amide bonds. The molecule has 7 heteroatoms. The van der Waals surface area contributed by atoms with Gasteiger partial charge in [0.1, 0.15) is 12.4 Å². The highest BCUT2D eigenvalue weighted by atomic mass is 35.5. The number of nitrogens with zero attached hydrogens (tertiary/aromatic N) is 1. The van der Waals surface area contributed by atoms with Crippen LogP contribution in [-0.2, 0) is 0 Å². The molecule has 22 heavy (non-hydrogen) atoms. The van der Waals surface area contributed by atoms with Gasteiger partial charge in [-0.1, -0.05) is 29.9 Å². The van der Waals surface area contributed by atoms with E-state index in [-0.39, 0.29) is 22.9 Å². The van der Waals surface area contributed by atoms with Crippen LogP contribution in [0.3, 0.4) is 0 Å². The predicted octanol–water partition coefficient (Wildman–Crippen LogP) is 2.92. The number of ether oxygens (including phenoxy) is 1. The second kappa shape index (κ2) is 7.14. The molecular weight excluding hydrogens is 308 g/mol. The number of nitro benzene ring substituents is 1. The summed E-state index contributed by atoms with van der Waals surface area (Å²) in [5, 5.41) is 10.8. The molecule has 1 fully saturated rings. The van der Waals surface area contributed by atoms with E-state index in [2.05, 4.69) is 11.8 Å². The van der Waals surface area contributed by atoms with Crippen molar-refractivity contribution in [1.29, 1.82) is 0 Å². The standard InChI is InChI=1S/C15H15ClN2O4/c16-14-12(18(20)21)8-11(15(17)19)9-13(14)22-7-2-1-4-10-5-3-6-10/h8-10H,3-7H2,(H2,17,19). The first-order chi connectivity index (χ1) is 10.5. The van der Waals surface area contributed by atoms with E-state index in [1.807, 2.05) is 0 Å². The third-order valence-corrected chi connectivity index (χ3v) is 3.92. The van der Waals surface area contributed by atoms with Crippen LogP contribution in [0.1, 0.15) is 36.0 Å². The lowest BCUT2D eigenvalue weighted by Crippen LogP contribution is -2.12. The van der Waals surface area contributed by atoms with Gasteiger partial charge in [-0.15, -0.1) is 0 Å². The number of nitro groups is 1. The number of amides is 1. The summed E-state index contributed by atoms with van der Waals surface area (Å²) in [6, 6.07) is 2.31. The summed E-state index contributed by atoms with van der Waals surface area (Å²) in [6.45, 7) is 0.0474. The Morgan fingerprint density at radius 2 is 2.18 bits per heavy atom. The van der Waals surface area contributed by atoms with E-state index in [4.69, 9.17) is 22.1 Å². The molecule has 1 aromatic carbocycles. The molecule has 2 rings (SSSR count). The first-order valence-electron chi connectivity index (χ1n) is 6.85. The normalized spacial score (nSPS) is 13.7. The molecule has 0 aromatic heterocycles. The molecule has 1 aliphatic rings. The van der Waals surface area contributed by atoms with Crippen molar-refractivity contribution in [3.63, 3.8) is 0 Å². The summed E-state index contributed by atoms with van der Waals surface area (Å²) in [7, 11) is 0. The van der Waals surface area contributed by atoms with E-state index in [0.717, 1.165) is 12.5 Å². The molecule has 116 valence electrons. The van der Waals surface area contributed by atoms with Crippen LogP contribution >= 0.6 is 11.6 Å². The maximum atomic E-state index is 11.2. The van der Waals surface area contributed by atoms with Crippen molar-refractivity contribution in [2.75, 3.05) is 6.61 Å². The van der Waals surface area contributed by atoms with Crippen molar-refractivity contribution in [2.24, 2.45) is 11.7 Å². The lowest BCUT2D eigenvalue weighted by Gasteiger charge is -2.22. The first kappa shape index (κ1) is 16.1. The maximum Gasteiger partial charge on any atom is 0.292 e. The van der Waals surface area contributed by atoms with Crippen LogP contribution in [0.25, 0.3) is 0 Å². The van der Waals surface area contributed by atoms with Crippen LogP contribution in [0.2, 0.25) is 5.02 Å². The van der Waals surface area contributed by atoms with Crippen LogP contribution in [-0.4, -0.2) is 17.4 Å². The fraction of sp³-hybridized carbons (Fsp3) is 0.400. The lowest BCUT2D eigenvalue weighted by atomic mass is 9.83. The predicted molar refractivity (Wildman–Crippen MR) is 81.9 cm³/mol. The van der Waals surface area contributed by atoms with E-state index in [9.17, 15) is 14.9 Å². The highest BCUT2D eigenvalue weighted by molar-refractivity contribution is 6.34. The molecule has 0 radical (unpaired) electrons. The van der Waals surface area contributed by atoms with Gasteiger partial charge < -0.3 is 10.5 Å². The summed E-state index contributed by atoms with van der Waals surface area (Å²) in [6.07, 6.45) is 4.53. The third kappa shape index (κ3) is 3.89. The van der Waals surface area contributed by atoms with Gasteiger partial charge in [-0.2, -0.15) is 0 Å². The average Bonchev–Trinajstić information content (AvgIpc) is 2.41. The molecule has 0 bridgehead atoms. The zero-order valence-electron chi connectivity index (χ0n) is 11.8. The van der Waals surface area contributed by atoms with Crippen LogP contribution in [0.5, 0.6) is 5.75 Å². The quantitative estimate of drug-likeness (QED) is 0.512. The SMILES string of the molecule is NC(=O)c1cc(OCC#CCC2CCC2)c(Cl)c([N+](=O)[O-])c1. The Balaban J connectivity index is 2.07. The van der Waals surface area contributed by atoms with Gasteiger partial charge in [-0.05, 0) is 24.8 Å². The van der Waals surface area contributed by atoms with Gasteiger partial charge in [0, 0.05) is 18.1 Å². The fourth-order valence-electron chi connectivity index (χ4n) is 2.04. The van der Waals surface area contributed by atoms with Crippen LogP contribution in [0.15, 0.2) is 12.1 Å². The number of nitrogens with two attached hydrogens (primary N) is 1. The van der Waals surface area contributed by atoms with Crippen molar-refractivity contribution in [3.8, 4) is 17.6 Å². The number of carbonyl (C=O) groups excluding carboxylic acids is 1. The van der Waals surface area contributed by atoms with Crippen molar-refractivity contribution in [2.45, 2.75) is 25.7 Å². The van der Waals surface area contributed by atoms with E-state index in [1.165, 1.54) is 25.3 Å². The van der Waals surface area contributed by atoms with Gasteiger partial charge in [0.15, 0.2) is 5.02 Å². The Morgan fingerprint density at radius 1 is 1.45 bits per heavy atom. The molecule has 1 saturated carbocycles. The number of benzene rings is 1. The van der Waals surface area contributed by atoms with Gasteiger partial charge in [-0.25, -0.2) is 0 Å². The third-order valence-electron chi connectivity index (χ3n) is 3.54. The van der Waals surface area contributed by atoms with Crippen molar-refractivity contribution in [1.82, 2.24) is 0 Å². The fourth-order valence-corrected chi connectivity index (χ4v) is 2.27. The number of halogens is 1. The number of carbonyl (C=O) groups is 1. The second-order valence-electron chi connectivity index (χ2n) is 5.07. The second-order valence-corrected chi connectivity index (χ2v) is 5.45. The van der Waals surface area contributed by atoms with Gasteiger partial charge >= 0.3 is 0 Å². The van der Waals surface area contributed by atoms with E-state index in [1.54, 1.807) is 0 Å². The number of hydrogen-bond donors (Lipinski definition) is 1. The van der Waals surface area contributed by atoms with Crippen LogP contribution < -0.4 is 10.5 Å². The Bertz CT molecular complexity index is 659. The Labute approximate surface area is 132 Å². The van der Waals surface area contributed by atoms with Gasteiger partial charge in [0.05, 0.1) is 4.92 Å². The summed E-state index contributed by atoms with van der Waals surface area (Å²) in [4.78, 5) is 21.4. The summed E-state index contributed by atoms with van der Waals surface area (Å²) in [5.41, 5.74) is 4.69.